The van der Waals surface area contributed by atoms with Gasteiger partial charge in [-0.3, -0.25) is 0 Å². The van der Waals surface area contributed by atoms with Gasteiger partial charge in [0.1, 0.15) is 5.75 Å². The Hall–Kier alpha value is -3.41. The highest BCUT2D eigenvalue weighted by atomic mass is 16.5. The molecule has 0 aromatic heterocycles. The maximum Gasteiger partial charge on any atom is 0.338 e. The molecule has 0 N–H and O–H groups in total. The Morgan fingerprint density at radius 2 is 1.40 bits per heavy atom. The number of hydrogen-bond acceptors (Lipinski definition) is 6. The van der Waals surface area contributed by atoms with Crippen molar-refractivity contribution < 1.29 is 28.6 Å². The van der Waals surface area contributed by atoms with Gasteiger partial charge < -0.3 is 14.2 Å². The number of benzene rings is 2. The van der Waals surface area contributed by atoms with Crippen molar-refractivity contribution >= 4 is 24.0 Å². The standard InChI is InChI=1S/C19H16O6/c1-23-18(21)14-10-15(19(22)24-2)12-16(11-14)25-17(20)9-8-13-6-4-3-5-7-13/h3-12H,1-2H3/b9-8+. The van der Waals surface area contributed by atoms with Gasteiger partial charge in [-0.1, -0.05) is 30.3 Å². The average Bonchev–Trinajstić information content (AvgIpc) is 2.65. The highest BCUT2D eigenvalue weighted by Crippen LogP contribution is 2.19. The molecular weight excluding hydrogens is 324 g/mol. The second-order valence-corrected chi connectivity index (χ2v) is 4.89. The molecule has 0 aliphatic rings. The quantitative estimate of drug-likeness (QED) is 0.473. The van der Waals surface area contributed by atoms with Crippen molar-refractivity contribution in [3.63, 3.8) is 0 Å². The monoisotopic (exact) mass is 340 g/mol. The molecule has 0 fully saturated rings. The van der Waals surface area contributed by atoms with Gasteiger partial charge in [-0.05, 0) is 29.8 Å². The zero-order chi connectivity index (χ0) is 18.2. The summed E-state index contributed by atoms with van der Waals surface area (Å²) in [5, 5.41) is 0. The molecule has 25 heavy (non-hydrogen) atoms. The van der Waals surface area contributed by atoms with Crippen molar-refractivity contribution in [2.75, 3.05) is 14.2 Å². The average molecular weight is 340 g/mol. The molecular formula is C19H16O6. The molecule has 0 aliphatic heterocycles. The van der Waals surface area contributed by atoms with E-state index in [-0.39, 0.29) is 16.9 Å². The SMILES string of the molecule is COC(=O)c1cc(OC(=O)/C=C/c2ccccc2)cc(C(=O)OC)c1. The molecule has 0 saturated heterocycles. The predicted molar refractivity (Wildman–Crippen MR) is 90.2 cm³/mol. The Balaban J connectivity index is 2.22. The summed E-state index contributed by atoms with van der Waals surface area (Å²) in [6.45, 7) is 0. The van der Waals surface area contributed by atoms with Crippen molar-refractivity contribution in [3.05, 3.63) is 71.3 Å². The van der Waals surface area contributed by atoms with Gasteiger partial charge in [-0.15, -0.1) is 0 Å². The van der Waals surface area contributed by atoms with Crippen LogP contribution in [0.3, 0.4) is 0 Å². The second-order valence-electron chi connectivity index (χ2n) is 4.89. The molecule has 0 atom stereocenters. The van der Waals surface area contributed by atoms with Crippen LogP contribution < -0.4 is 4.74 Å². The molecule has 2 aromatic carbocycles. The molecule has 0 unspecified atom stereocenters. The molecule has 0 spiro atoms. The third-order valence-corrected chi connectivity index (χ3v) is 3.18. The molecule has 0 heterocycles. The summed E-state index contributed by atoms with van der Waals surface area (Å²) in [6, 6.07) is 13.1. The lowest BCUT2D eigenvalue weighted by Gasteiger charge is -2.07. The van der Waals surface area contributed by atoms with E-state index in [1.807, 2.05) is 30.3 Å². The number of carbonyl (C=O) groups is 3. The lowest BCUT2D eigenvalue weighted by molar-refractivity contribution is -0.128. The van der Waals surface area contributed by atoms with Gasteiger partial charge in [0.15, 0.2) is 0 Å². The number of ether oxygens (including phenoxy) is 3. The lowest BCUT2D eigenvalue weighted by atomic mass is 10.1. The first-order chi connectivity index (χ1) is 12.0. The fraction of sp³-hybridized carbons (Fsp3) is 0.105. The highest BCUT2D eigenvalue weighted by molar-refractivity contribution is 5.96. The summed E-state index contributed by atoms with van der Waals surface area (Å²) in [5.74, 6) is -1.95. The fourth-order valence-electron chi connectivity index (χ4n) is 2.01. The maximum atomic E-state index is 11.9. The maximum absolute atomic E-state index is 11.9. The van der Waals surface area contributed by atoms with Crippen LogP contribution in [-0.4, -0.2) is 32.1 Å². The van der Waals surface area contributed by atoms with E-state index in [9.17, 15) is 14.4 Å². The normalized spacial score (nSPS) is 10.3. The Labute approximate surface area is 144 Å². The first-order valence-electron chi connectivity index (χ1n) is 7.30. The number of hydrogen-bond donors (Lipinski definition) is 0. The van der Waals surface area contributed by atoms with Crippen LogP contribution in [0.4, 0.5) is 0 Å². The molecule has 2 aromatic rings. The van der Waals surface area contributed by atoms with E-state index in [1.165, 1.54) is 38.5 Å². The van der Waals surface area contributed by atoms with E-state index >= 15 is 0 Å². The van der Waals surface area contributed by atoms with Crippen LogP contribution in [0.15, 0.2) is 54.6 Å². The smallest absolute Gasteiger partial charge is 0.338 e. The molecule has 0 amide bonds. The lowest BCUT2D eigenvalue weighted by Crippen LogP contribution is -2.09. The van der Waals surface area contributed by atoms with E-state index in [2.05, 4.69) is 9.47 Å². The number of esters is 3. The van der Waals surface area contributed by atoms with Gasteiger partial charge >= 0.3 is 17.9 Å². The van der Waals surface area contributed by atoms with Gasteiger partial charge in [0.25, 0.3) is 0 Å². The van der Waals surface area contributed by atoms with Crippen molar-refractivity contribution in [1.82, 2.24) is 0 Å². The largest absolute Gasteiger partial charge is 0.465 e. The number of rotatable bonds is 5. The minimum atomic E-state index is -0.664. The zero-order valence-corrected chi connectivity index (χ0v) is 13.7. The summed E-state index contributed by atoms with van der Waals surface area (Å²) in [6.07, 6.45) is 2.84. The van der Waals surface area contributed by atoms with Crippen LogP contribution in [0.2, 0.25) is 0 Å². The topological polar surface area (TPSA) is 78.9 Å². The molecule has 6 nitrogen and oxygen atoms in total. The number of carbonyl (C=O) groups excluding carboxylic acids is 3. The Morgan fingerprint density at radius 3 is 1.92 bits per heavy atom. The second kappa shape index (κ2) is 8.44. The van der Waals surface area contributed by atoms with E-state index < -0.39 is 17.9 Å². The summed E-state index contributed by atoms with van der Waals surface area (Å²) in [7, 11) is 2.42. The Morgan fingerprint density at radius 1 is 0.840 bits per heavy atom. The fourth-order valence-corrected chi connectivity index (χ4v) is 2.01. The molecule has 0 radical (unpaired) electrons. The molecule has 128 valence electrons. The van der Waals surface area contributed by atoms with Crippen LogP contribution in [0.5, 0.6) is 5.75 Å². The molecule has 0 saturated carbocycles. The third-order valence-electron chi connectivity index (χ3n) is 3.18. The van der Waals surface area contributed by atoms with Crippen molar-refractivity contribution in [2.45, 2.75) is 0 Å². The van der Waals surface area contributed by atoms with E-state index in [1.54, 1.807) is 6.08 Å². The van der Waals surface area contributed by atoms with Crippen molar-refractivity contribution in [2.24, 2.45) is 0 Å². The summed E-state index contributed by atoms with van der Waals surface area (Å²) >= 11 is 0. The van der Waals surface area contributed by atoms with Crippen LogP contribution >= 0.6 is 0 Å². The van der Waals surface area contributed by atoms with Crippen LogP contribution in [-0.2, 0) is 14.3 Å². The van der Waals surface area contributed by atoms with E-state index in [0.717, 1.165) is 5.56 Å². The molecule has 0 aliphatic carbocycles. The van der Waals surface area contributed by atoms with E-state index in [0.29, 0.717) is 0 Å². The van der Waals surface area contributed by atoms with Gasteiger partial charge in [-0.25, -0.2) is 14.4 Å². The highest BCUT2D eigenvalue weighted by Gasteiger charge is 2.15. The summed E-state index contributed by atoms with van der Waals surface area (Å²) < 4.78 is 14.4. The van der Waals surface area contributed by atoms with Gasteiger partial charge in [-0.2, -0.15) is 0 Å². The molecule has 2 rings (SSSR count). The third kappa shape index (κ3) is 5.04. The Bertz CT molecular complexity index is 774. The van der Waals surface area contributed by atoms with Gasteiger partial charge in [0.05, 0.1) is 25.3 Å². The minimum absolute atomic E-state index is 0.0333. The molecule has 0 bridgehead atoms. The van der Waals surface area contributed by atoms with Crippen LogP contribution in [0.25, 0.3) is 6.08 Å². The minimum Gasteiger partial charge on any atom is -0.465 e. The first-order valence-corrected chi connectivity index (χ1v) is 7.30. The molecule has 6 heteroatoms. The Kier molecular flexibility index (Phi) is 6.06. The zero-order valence-electron chi connectivity index (χ0n) is 13.7. The summed E-state index contributed by atoms with van der Waals surface area (Å²) in [5.41, 5.74) is 0.971. The van der Waals surface area contributed by atoms with Crippen LogP contribution in [0, 0.1) is 0 Å². The first kappa shape index (κ1) is 17.9. The summed E-state index contributed by atoms with van der Waals surface area (Å²) in [4.78, 5) is 35.3. The van der Waals surface area contributed by atoms with Gasteiger partial charge in [0, 0.05) is 6.08 Å². The van der Waals surface area contributed by atoms with Crippen LogP contribution in [0.1, 0.15) is 26.3 Å². The van der Waals surface area contributed by atoms with E-state index in [4.69, 9.17) is 4.74 Å². The number of methoxy groups -OCH3 is 2. The predicted octanol–water partition coefficient (Wildman–Crippen LogP) is 2.88. The van der Waals surface area contributed by atoms with Crippen molar-refractivity contribution in [3.8, 4) is 5.75 Å². The van der Waals surface area contributed by atoms with Crippen molar-refractivity contribution in [1.29, 1.82) is 0 Å². The van der Waals surface area contributed by atoms with Gasteiger partial charge in [0.2, 0.25) is 0 Å².